The molecule has 2 fully saturated rings. The molecule has 9 heteroatoms. The Morgan fingerprint density at radius 3 is 2.76 bits per heavy atom. The number of aryl methyl sites for hydroxylation is 1. The van der Waals surface area contributed by atoms with Crippen LogP contribution in [0.5, 0.6) is 5.75 Å². The van der Waals surface area contributed by atoms with Gasteiger partial charge in [-0.05, 0) is 75.0 Å². The van der Waals surface area contributed by atoms with Crippen LogP contribution in [0.4, 0.5) is 10.2 Å². The van der Waals surface area contributed by atoms with E-state index in [1.807, 2.05) is 19.9 Å². The number of carbonyl (C=O) groups is 1. The quantitative estimate of drug-likeness (QED) is 0.344. The van der Waals surface area contributed by atoms with Crippen LogP contribution in [-0.2, 0) is 5.54 Å². The van der Waals surface area contributed by atoms with E-state index >= 15 is 0 Å². The van der Waals surface area contributed by atoms with Crippen LogP contribution in [0.1, 0.15) is 54.1 Å². The zero-order valence-electron chi connectivity index (χ0n) is 21.1. The number of hydrogen-bond donors (Lipinski definition) is 3. The largest absolute Gasteiger partial charge is 0.492 e. The maximum Gasteiger partial charge on any atom is 0.297 e. The summed E-state index contributed by atoms with van der Waals surface area (Å²) in [4.78, 5) is 30.5. The Hall–Kier alpha value is -3.72. The van der Waals surface area contributed by atoms with E-state index < -0.39 is 5.54 Å². The van der Waals surface area contributed by atoms with E-state index in [-0.39, 0.29) is 29.1 Å². The van der Waals surface area contributed by atoms with Gasteiger partial charge in [-0.3, -0.25) is 14.2 Å². The van der Waals surface area contributed by atoms with Crippen LogP contribution in [0.15, 0.2) is 53.6 Å². The number of hydrogen-bond acceptors (Lipinski definition) is 6. The van der Waals surface area contributed by atoms with Gasteiger partial charge in [0.1, 0.15) is 18.2 Å². The number of carbonyl (C=O) groups excluding carboxylic acids is 1. The third-order valence-corrected chi connectivity index (χ3v) is 6.84. The van der Waals surface area contributed by atoms with E-state index in [9.17, 15) is 14.0 Å². The molecule has 0 atom stereocenters. The lowest BCUT2D eigenvalue weighted by Gasteiger charge is -2.22. The number of aromatic nitrogens is 2. The van der Waals surface area contributed by atoms with Crippen molar-refractivity contribution < 1.29 is 13.9 Å². The van der Waals surface area contributed by atoms with Crippen molar-refractivity contribution in [2.75, 3.05) is 25.0 Å². The van der Waals surface area contributed by atoms with Crippen LogP contribution in [0, 0.1) is 12.7 Å². The van der Waals surface area contributed by atoms with Gasteiger partial charge in [0.05, 0.1) is 11.2 Å². The molecule has 2 aliphatic carbocycles. The van der Waals surface area contributed by atoms with Gasteiger partial charge in [-0.2, -0.15) is 0 Å². The molecule has 1 heterocycles. The van der Waals surface area contributed by atoms with E-state index in [1.54, 1.807) is 30.6 Å². The number of benzene rings is 2. The standard InChI is InChI=1S/C28H32FN5O3/c1-3-30-13-15-37-24-9-6-20(29)17-22(24)28(10-11-28)33-25-27(36)34(14-12-31-25)23-16-19(5-4-18(23)2)26(35)32-21-7-8-21/h4-6,9,12,14,16-17,21,30H,3,7-8,10-11,13,15H2,1-2H3,(H,31,33)(H,32,35). The Bertz CT molecular complexity index is 1360. The lowest BCUT2D eigenvalue weighted by molar-refractivity contribution is 0.0951. The third kappa shape index (κ3) is 5.51. The van der Waals surface area contributed by atoms with Gasteiger partial charge in [-0.1, -0.05) is 13.0 Å². The van der Waals surface area contributed by atoms with Crippen molar-refractivity contribution in [1.29, 1.82) is 0 Å². The lowest BCUT2D eigenvalue weighted by Crippen LogP contribution is -2.30. The first-order valence-electron chi connectivity index (χ1n) is 12.8. The predicted octanol–water partition coefficient (Wildman–Crippen LogP) is 3.66. The van der Waals surface area contributed by atoms with Gasteiger partial charge in [0.25, 0.3) is 11.5 Å². The Morgan fingerprint density at radius 1 is 1.22 bits per heavy atom. The number of halogens is 1. The second kappa shape index (κ2) is 10.3. The minimum absolute atomic E-state index is 0.145. The molecule has 0 radical (unpaired) electrons. The fourth-order valence-electron chi connectivity index (χ4n) is 4.42. The SMILES string of the molecule is CCNCCOc1ccc(F)cc1C1(Nc2nccn(-c3cc(C(=O)NC4CC4)ccc3C)c2=O)CC1. The molecule has 3 aromatic rings. The highest BCUT2D eigenvalue weighted by Gasteiger charge is 2.47. The van der Waals surface area contributed by atoms with Gasteiger partial charge in [-0.15, -0.1) is 0 Å². The van der Waals surface area contributed by atoms with Crippen molar-refractivity contribution >= 4 is 11.7 Å². The first-order chi connectivity index (χ1) is 17.9. The Morgan fingerprint density at radius 2 is 2.03 bits per heavy atom. The van der Waals surface area contributed by atoms with Crippen LogP contribution >= 0.6 is 0 Å². The molecule has 0 unspecified atom stereocenters. The summed E-state index contributed by atoms with van der Waals surface area (Å²) in [5.74, 6) is 0.243. The zero-order valence-corrected chi connectivity index (χ0v) is 21.1. The fraction of sp³-hybridized carbons (Fsp3) is 0.393. The third-order valence-electron chi connectivity index (χ3n) is 6.84. The molecule has 0 saturated heterocycles. The van der Waals surface area contributed by atoms with Crippen molar-refractivity contribution in [1.82, 2.24) is 20.2 Å². The van der Waals surface area contributed by atoms with Gasteiger partial charge in [-0.25, -0.2) is 9.37 Å². The van der Waals surface area contributed by atoms with Crippen molar-refractivity contribution in [3.63, 3.8) is 0 Å². The number of ether oxygens (including phenoxy) is 1. The average molecular weight is 506 g/mol. The number of anilines is 1. The summed E-state index contributed by atoms with van der Waals surface area (Å²) in [5, 5.41) is 9.49. The van der Waals surface area contributed by atoms with E-state index in [2.05, 4.69) is 20.9 Å². The van der Waals surface area contributed by atoms with Gasteiger partial charge in [0.2, 0.25) is 0 Å². The van der Waals surface area contributed by atoms with Gasteiger partial charge >= 0.3 is 0 Å². The molecule has 3 N–H and O–H groups in total. The molecule has 8 nitrogen and oxygen atoms in total. The minimum atomic E-state index is -0.637. The summed E-state index contributed by atoms with van der Waals surface area (Å²) in [6, 6.07) is 10.1. The van der Waals surface area contributed by atoms with Gasteiger partial charge < -0.3 is 20.7 Å². The average Bonchev–Trinajstić information content (AvgIpc) is 3.82. The molecule has 37 heavy (non-hydrogen) atoms. The molecule has 0 spiro atoms. The number of rotatable bonds is 11. The zero-order chi connectivity index (χ0) is 26.0. The smallest absolute Gasteiger partial charge is 0.297 e. The summed E-state index contributed by atoms with van der Waals surface area (Å²) in [6.45, 7) is 5.88. The van der Waals surface area contributed by atoms with E-state index in [1.165, 1.54) is 16.7 Å². The number of nitrogens with one attached hydrogen (secondary N) is 3. The molecule has 0 aliphatic heterocycles. The number of likely N-dealkylation sites (N-methyl/N-ethyl adjacent to an activating group) is 1. The second-order valence-electron chi connectivity index (χ2n) is 9.75. The molecule has 0 bridgehead atoms. The van der Waals surface area contributed by atoms with E-state index in [0.717, 1.165) is 24.9 Å². The van der Waals surface area contributed by atoms with Crippen molar-refractivity contribution in [2.24, 2.45) is 0 Å². The van der Waals surface area contributed by atoms with Crippen LogP contribution < -0.4 is 26.2 Å². The summed E-state index contributed by atoms with van der Waals surface area (Å²) in [6.07, 6.45) is 6.57. The molecule has 2 aromatic carbocycles. The molecule has 2 saturated carbocycles. The molecule has 5 rings (SSSR count). The molecule has 194 valence electrons. The summed E-state index contributed by atoms with van der Waals surface area (Å²) in [5.41, 5.74) is 1.66. The highest BCUT2D eigenvalue weighted by molar-refractivity contribution is 5.95. The Labute approximate surface area is 215 Å². The molecule has 1 aromatic heterocycles. The maximum atomic E-state index is 14.3. The summed E-state index contributed by atoms with van der Waals surface area (Å²) in [7, 11) is 0. The molecule has 2 aliphatic rings. The van der Waals surface area contributed by atoms with Crippen LogP contribution in [-0.4, -0.2) is 41.2 Å². The minimum Gasteiger partial charge on any atom is -0.492 e. The molecular formula is C28H32FN5O3. The van der Waals surface area contributed by atoms with E-state index in [0.29, 0.717) is 48.6 Å². The van der Waals surface area contributed by atoms with Gasteiger partial charge in [0.15, 0.2) is 5.82 Å². The van der Waals surface area contributed by atoms with Crippen LogP contribution in [0.25, 0.3) is 5.69 Å². The molecular weight excluding hydrogens is 473 g/mol. The molecule has 1 amide bonds. The highest BCUT2D eigenvalue weighted by Crippen LogP contribution is 2.51. The lowest BCUT2D eigenvalue weighted by atomic mass is 10.0. The first-order valence-corrected chi connectivity index (χ1v) is 12.8. The van der Waals surface area contributed by atoms with Crippen LogP contribution in [0.2, 0.25) is 0 Å². The number of nitrogens with zero attached hydrogens (tertiary/aromatic N) is 2. The first kappa shape index (κ1) is 25.0. The topological polar surface area (TPSA) is 97.3 Å². The monoisotopic (exact) mass is 505 g/mol. The second-order valence-corrected chi connectivity index (χ2v) is 9.75. The van der Waals surface area contributed by atoms with Crippen molar-refractivity contribution in [2.45, 2.75) is 51.1 Å². The predicted molar refractivity (Wildman–Crippen MR) is 140 cm³/mol. The normalized spacial score (nSPS) is 15.8. The highest BCUT2D eigenvalue weighted by atomic mass is 19.1. The summed E-state index contributed by atoms with van der Waals surface area (Å²) < 4.78 is 21.7. The Balaban J connectivity index is 1.43. The van der Waals surface area contributed by atoms with E-state index in [4.69, 9.17) is 4.74 Å². The van der Waals surface area contributed by atoms with Crippen molar-refractivity contribution in [3.8, 4) is 11.4 Å². The van der Waals surface area contributed by atoms with Gasteiger partial charge in [0, 0.05) is 36.1 Å². The maximum absolute atomic E-state index is 14.3. The van der Waals surface area contributed by atoms with Crippen molar-refractivity contribution in [3.05, 3.63) is 81.7 Å². The Kier molecular flexibility index (Phi) is 6.97. The summed E-state index contributed by atoms with van der Waals surface area (Å²) >= 11 is 0. The van der Waals surface area contributed by atoms with Crippen LogP contribution in [0.3, 0.4) is 0 Å². The fourth-order valence-corrected chi connectivity index (χ4v) is 4.42. The number of amides is 1.